The van der Waals surface area contributed by atoms with Crippen molar-refractivity contribution in [1.82, 2.24) is 14.9 Å². The summed E-state index contributed by atoms with van der Waals surface area (Å²) in [6, 6.07) is 1.82. The molecule has 2 rings (SSSR count). The highest BCUT2D eigenvalue weighted by Crippen LogP contribution is 2.23. The normalized spacial score (nSPS) is 15.5. The second kappa shape index (κ2) is 7.25. The van der Waals surface area contributed by atoms with Gasteiger partial charge in [0, 0.05) is 32.2 Å². The predicted molar refractivity (Wildman–Crippen MR) is 90.4 cm³/mol. The predicted octanol–water partition coefficient (Wildman–Crippen LogP) is 2.26. The van der Waals surface area contributed by atoms with Crippen LogP contribution in [-0.4, -0.2) is 66.1 Å². The van der Waals surface area contributed by atoms with Gasteiger partial charge in [0.25, 0.3) is 0 Å². The van der Waals surface area contributed by atoms with Crippen molar-refractivity contribution in [2.24, 2.45) is 0 Å². The number of nitrogens with zero attached hydrogens (tertiary/aromatic N) is 4. The van der Waals surface area contributed by atoms with Crippen molar-refractivity contribution < 1.29 is 14.3 Å². The zero-order valence-electron chi connectivity index (χ0n) is 14.3. The van der Waals surface area contributed by atoms with Crippen LogP contribution in [0.5, 0.6) is 5.88 Å². The van der Waals surface area contributed by atoms with E-state index in [2.05, 4.69) is 14.9 Å². The highest BCUT2D eigenvalue weighted by atomic mass is 32.2. The van der Waals surface area contributed by atoms with Gasteiger partial charge in [0.05, 0.1) is 7.11 Å². The van der Waals surface area contributed by atoms with Gasteiger partial charge in [-0.05, 0) is 27.0 Å². The van der Waals surface area contributed by atoms with Crippen LogP contribution in [-0.2, 0) is 4.74 Å². The molecule has 7 nitrogen and oxygen atoms in total. The van der Waals surface area contributed by atoms with Gasteiger partial charge in [0.2, 0.25) is 5.88 Å². The Morgan fingerprint density at radius 1 is 1.22 bits per heavy atom. The van der Waals surface area contributed by atoms with Crippen LogP contribution < -0.4 is 9.64 Å². The van der Waals surface area contributed by atoms with Crippen LogP contribution in [0.2, 0.25) is 0 Å². The Hall–Kier alpha value is -1.70. The third-order valence-electron chi connectivity index (χ3n) is 3.32. The molecule has 0 aromatic carbocycles. The number of hydrogen-bond acceptors (Lipinski definition) is 7. The lowest BCUT2D eigenvalue weighted by Gasteiger charge is -2.36. The summed E-state index contributed by atoms with van der Waals surface area (Å²) >= 11 is 1.47. The Balaban J connectivity index is 2.00. The fourth-order valence-corrected chi connectivity index (χ4v) is 2.56. The Labute approximate surface area is 141 Å². The number of aromatic nitrogens is 2. The third-order valence-corrected chi connectivity index (χ3v) is 3.86. The smallest absolute Gasteiger partial charge is 0.410 e. The summed E-state index contributed by atoms with van der Waals surface area (Å²) in [4.78, 5) is 24.7. The molecule has 0 atom stereocenters. The number of ether oxygens (including phenoxy) is 2. The summed E-state index contributed by atoms with van der Waals surface area (Å²) < 4.78 is 10.6. The van der Waals surface area contributed by atoms with Crippen molar-refractivity contribution in [2.75, 3.05) is 44.4 Å². The van der Waals surface area contributed by atoms with E-state index in [9.17, 15) is 4.79 Å². The van der Waals surface area contributed by atoms with E-state index in [-0.39, 0.29) is 6.09 Å². The lowest BCUT2D eigenvalue weighted by molar-refractivity contribution is 0.0240. The van der Waals surface area contributed by atoms with Gasteiger partial charge in [-0.25, -0.2) is 9.78 Å². The molecule has 0 bridgehead atoms. The third kappa shape index (κ3) is 4.89. The Kier molecular flexibility index (Phi) is 5.56. The molecule has 0 radical (unpaired) electrons. The van der Waals surface area contributed by atoms with E-state index in [1.807, 2.05) is 33.1 Å². The van der Waals surface area contributed by atoms with Crippen LogP contribution in [0.25, 0.3) is 0 Å². The molecule has 128 valence electrons. The molecule has 2 heterocycles. The molecule has 0 unspecified atom stereocenters. The summed E-state index contributed by atoms with van der Waals surface area (Å²) in [5.41, 5.74) is -0.471. The fourth-order valence-electron chi connectivity index (χ4n) is 2.19. The van der Waals surface area contributed by atoms with Crippen LogP contribution in [0.1, 0.15) is 20.8 Å². The Morgan fingerprint density at radius 2 is 1.87 bits per heavy atom. The standard InChI is InChI=1S/C15H24N4O3S/c1-15(2,3)22-14(20)19-8-6-18(7-9-19)11-10-12(21-4)17-13(16-11)23-5/h10H,6-9H2,1-5H3. The largest absolute Gasteiger partial charge is 0.481 e. The molecule has 1 amide bonds. The van der Waals surface area contributed by atoms with E-state index in [0.717, 1.165) is 5.82 Å². The van der Waals surface area contributed by atoms with Gasteiger partial charge in [-0.1, -0.05) is 11.8 Å². The average Bonchev–Trinajstić information content (AvgIpc) is 2.52. The number of piperazine rings is 1. The molecule has 1 fully saturated rings. The number of hydrogen-bond donors (Lipinski definition) is 0. The molecule has 1 aromatic rings. The molecule has 0 aliphatic carbocycles. The van der Waals surface area contributed by atoms with Crippen LogP contribution in [0.15, 0.2) is 11.2 Å². The maximum atomic E-state index is 12.1. The monoisotopic (exact) mass is 340 g/mol. The molecule has 23 heavy (non-hydrogen) atoms. The van der Waals surface area contributed by atoms with E-state index < -0.39 is 5.60 Å². The van der Waals surface area contributed by atoms with Gasteiger partial charge < -0.3 is 19.3 Å². The molecule has 1 aromatic heterocycles. The first-order chi connectivity index (χ1) is 10.8. The molecule has 1 aliphatic rings. The van der Waals surface area contributed by atoms with Gasteiger partial charge in [-0.3, -0.25) is 0 Å². The van der Waals surface area contributed by atoms with Crippen molar-refractivity contribution in [3.8, 4) is 5.88 Å². The first-order valence-corrected chi connectivity index (χ1v) is 8.75. The first-order valence-electron chi connectivity index (χ1n) is 7.52. The molecule has 0 spiro atoms. The highest BCUT2D eigenvalue weighted by molar-refractivity contribution is 7.98. The van der Waals surface area contributed by atoms with E-state index in [1.165, 1.54) is 11.8 Å². The topological polar surface area (TPSA) is 67.8 Å². The van der Waals surface area contributed by atoms with E-state index in [1.54, 1.807) is 12.0 Å². The Bertz CT molecular complexity index is 532. The van der Waals surface area contributed by atoms with Gasteiger partial charge in [0.15, 0.2) is 5.16 Å². The summed E-state index contributed by atoms with van der Waals surface area (Å²) in [5.74, 6) is 1.37. The van der Waals surface area contributed by atoms with Crippen molar-refractivity contribution >= 4 is 23.7 Å². The number of amides is 1. The number of methoxy groups -OCH3 is 1. The molecular weight excluding hydrogens is 316 g/mol. The quantitative estimate of drug-likeness (QED) is 0.617. The summed E-state index contributed by atoms with van der Waals surface area (Å²) in [5, 5.41) is 0.675. The Morgan fingerprint density at radius 3 is 2.39 bits per heavy atom. The number of carbonyl (C=O) groups excluding carboxylic acids is 1. The van der Waals surface area contributed by atoms with E-state index in [4.69, 9.17) is 9.47 Å². The van der Waals surface area contributed by atoms with Gasteiger partial charge in [0.1, 0.15) is 11.4 Å². The van der Waals surface area contributed by atoms with Crippen LogP contribution in [0.3, 0.4) is 0 Å². The van der Waals surface area contributed by atoms with Crippen molar-refractivity contribution in [3.05, 3.63) is 6.07 Å². The number of rotatable bonds is 3. The average molecular weight is 340 g/mol. The zero-order chi connectivity index (χ0) is 17.0. The minimum atomic E-state index is -0.471. The number of thioether (sulfide) groups is 1. The SMILES string of the molecule is COc1cc(N2CCN(C(=O)OC(C)(C)C)CC2)nc(SC)n1. The van der Waals surface area contributed by atoms with Crippen molar-refractivity contribution in [2.45, 2.75) is 31.5 Å². The van der Waals surface area contributed by atoms with Crippen LogP contribution in [0.4, 0.5) is 10.6 Å². The van der Waals surface area contributed by atoms with Crippen molar-refractivity contribution in [3.63, 3.8) is 0 Å². The van der Waals surface area contributed by atoms with E-state index in [0.29, 0.717) is 37.2 Å². The first kappa shape index (κ1) is 17.7. The zero-order valence-corrected chi connectivity index (χ0v) is 15.1. The fraction of sp³-hybridized carbons (Fsp3) is 0.667. The minimum Gasteiger partial charge on any atom is -0.481 e. The second-order valence-electron chi connectivity index (χ2n) is 6.21. The molecule has 0 N–H and O–H groups in total. The highest BCUT2D eigenvalue weighted by Gasteiger charge is 2.26. The van der Waals surface area contributed by atoms with Gasteiger partial charge in [-0.15, -0.1) is 0 Å². The summed E-state index contributed by atoms with van der Waals surface area (Å²) in [6.07, 6.45) is 1.67. The van der Waals surface area contributed by atoms with Crippen molar-refractivity contribution in [1.29, 1.82) is 0 Å². The summed E-state index contributed by atoms with van der Waals surface area (Å²) in [6.45, 7) is 8.24. The van der Waals surface area contributed by atoms with Gasteiger partial charge in [-0.2, -0.15) is 4.98 Å². The molecule has 0 saturated carbocycles. The van der Waals surface area contributed by atoms with Crippen LogP contribution in [0, 0.1) is 0 Å². The lowest BCUT2D eigenvalue weighted by atomic mass is 10.2. The number of carbonyl (C=O) groups is 1. The maximum absolute atomic E-state index is 12.1. The number of anilines is 1. The summed E-state index contributed by atoms with van der Waals surface area (Å²) in [7, 11) is 1.59. The lowest BCUT2D eigenvalue weighted by Crippen LogP contribution is -2.50. The van der Waals surface area contributed by atoms with Gasteiger partial charge >= 0.3 is 6.09 Å². The van der Waals surface area contributed by atoms with Crippen LogP contribution >= 0.6 is 11.8 Å². The molecule has 1 aliphatic heterocycles. The maximum Gasteiger partial charge on any atom is 0.410 e. The molecule has 1 saturated heterocycles. The minimum absolute atomic E-state index is 0.262. The van der Waals surface area contributed by atoms with E-state index >= 15 is 0 Å². The second-order valence-corrected chi connectivity index (χ2v) is 6.98. The molecule has 8 heteroatoms. The molecular formula is C15H24N4O3S.